The number of allylic oxidation sites excluding steroid dienone is 16. The van der Waals surface area contributed by atoms with Gasteiger partial charge in [-0.15, -0.1) is 0 Å². The first-order valence-electron chi connectivity index (χ1n) is 34.7. The standard InChI is InChI=1S/C75H130O6/c1-4-7-10-13-16-19-22-25-28-30-32-33-34-35-36-37-38-39-40-41-43-44-47-50-53-56-59-62-65-68-74(77)80-71-72(70-79-73(76)67-64-61-58-55-52-49-46-27-24-21-18-15-12-9-6-3)81-75(78)69-66-63-60-57-54-51-48-45-42-31-29-26-23-20-17-14-11-8-5-2/h7,10,16-17,19-20,25-26,28-29,32-33,35-36,38-39,72H,4-6,8-9,11-15,18,21-24,27,30-31,34,37,40-71H2,1-3H3/b10-7-,19-16-,20-17-,28-25-,29-26-,33-32-,36-35-,39-38-. The van der Waals surface area contributed by atoms with Crippen LogP contribution in [0.15, 0.2) is 97.2 Å². The third-order valence-corrected chi connectivity index (χ3v) is 15.1. The summed E-state index contributed by atoms with van der Waals surface area (Å²) in [4.78, 5) is 38.4. The molecule has 0 aromatic heterocycles. The van der Waals surface area contributed by atoms with Crippen molar-refractivity contribution < 1.29 is 28.6 Å². The van der Waals surface area contributed by atoms with E-state index in [2.05, 4.69) is 118 Å². The molecule has 0 aliphatic heterocycles. The van der Waals surface area contributed by atoms with Crippen LogP contribution in [0.3, 0.4) is 0 Å². The molecule has 1 unspecified atom stereocenters. The Morgan fingerprint density at radius 3 is 0.778 bits per heavy atom. The molecule has 0 rings (SSSR count). The minimum atomic E-state index is -0.782. The van der Waals surface area contributed by atoms with Crippen LogP contribution in [0.4, 0.5) is 0 Å². The van der Waals surface area contributed by atoms with Crippen LogP contribution >= 0.6 is 0 Å². The quantitative estimate of drug-likeness (QED) is 0.0261. The molecule has 1 atom stereocenters. The Kier molecular flexibility index (Phi) is 65.7. The Bertz CT molecular complexity index is 1580. The molecule has 0 spiro atoms. The van der Waals surface area contributed by atoms with E-state index in [4.69, 9.17) is 14.2 Å². The fourth-order valence-electron chi connectivity index (χ4n) is 9.89. The molecule has 81 heavy (non-hydrogen) atoms. The SMILES string of the molecule is CC/C=C\C/C=C\C/C=C\C/C=C\C/C=C\C/C=C\CCCCCCCCCCCCC(=O)OCC(COC(=O)CCCCCCCCCCCCCCCCC)OC(=O)CCCCCCCCCCC/C=C\C/C=C\CCCCC. The number of unbranched alkanes of at least 4 members (excludes halogenated alkanes) is 36. The number of hydrogen-bond donors (Lipinski definition) is 0. The van der Waals surface area contributed by atoms with Crippen molar-refractivity contribution in [1.29, 1.82) is 0 Å². The third kappa shape index (κ3) is 67.0. The van der Waals surface area contributed by atoms with Gasteiger partial charge < -0.3 is 14.2 Å². The van der Waals surface area contributed by atoms with Crippen molar-refractivity contribution in [1.82, 2.24) is 0 Å². The first kappa shape index (κ1) is 77.3. The molecule has 0 bridgehead atoms. The lowest BCUT2D eigenvalue weighted by atomic mass is 10.0. The third-order valence-electron chi connectivity index (χ3n) is 15.1. The summed E-state index contributed by atoms with van der Waals surface area (Å²) in [5.74, 6) is -0.868. The molecule has 0 aliphatic carbocycles. The lowest BCUT2D eigenvalue weighted by molar-refractivity contribution is -0.167. The van der Waals surface area contributed by atoms with Crippen molar-refractivity contribution in [2.24, 2.45) is 0 Å². The summed E-state index contributed by atoms with van der Waals surface area (Å²) in [7, 11) is 0. The second kappa shape index (κ2) is 68.8. The van der Waals surface area contributed by atoms with Crippen molar-refractivity contribution in [3.63, 3.8) is 0 Å². The van der Waals surface area contributed by atoms with Crippen LogP contribution in [-0.4, -0.2) is 37.2 Å². The van der Waals surface area contributed by atoms with E-state index < -0.39 is 6.10 Å². The molecular formula is C75H130O6. The molecular weight excluding hydrogens is 997 g/mol. The van der Waals surface area contributed by atoms with E-state index in [9.17, 15) is 14.4 Å². The second-order valence-electron chi connectivity index (χ2n) is 23.1. The first-order valence-corrected chi connectivity index (χ1v) is 34.7. The largest absolute Gasteiger partial charge is 0.462 e. The Morgan fingerprint density at radius 2 is 0.481 bits per heavy atom. The first-order chi connectivity index (χ1) is 40.0. The van der Waals surface area contributed by atoms with Crippen LogP contribution in [0.5, 0.6) is 0 Å². The van der Waals surface area contributed by atoms with E-state index in [1.165, 1.54) is 199 Å². The van der Waals surface area contributed by atoms with E-state index in [0.717, 1.165) is 103 Å². The summed E-state index contributed by atoms with van der Waals surface area (Å²) in [5.41, 5.74) is 0. The summed E-state index contributed by atoms with van der Waals surface area (Å²) in [6, 6.07) is 0. The Balaban J connectivity index is 4.31. The van der Waals surface area contributed by atoms with E-state index in [1.807, 2.05) is 0 Å². The number of carbonyl (C=O) groups is 3. The Labute approximate surface area is 502 Å². The topological polar surface area (TPSA) is 78.9 Å². The van der Waals surface area contributed by atoms with Gasteiger partial charge >= 0.3 is 17.9 Å². The lowest BCUT2D eigenvalue weighted by Crippen LogP contribution is -2.30. The van der Waals surface area contributed by atoms with Gasteiger partial charge in [-0.1, -0.05) is 317 Å². The average Bonchev–Trinajstić information content (AvgIpc) is 3.47. The molecule has 0 aromatic carbocycles. The molecule has 0 aromatic rings. The lowest BCUT2D eigenvalue weighted by Gasteiger charge is -2.18. The van der Waals surface area contributed by atoms with Crippen LogP contribution in [0.2, 0.25) is 0 Å². The summed E-state index contributed by atoms with van der Waals surface area (Å²) in [6.07, 6.45) is 92.7. The highest BCUT2D eigenvalue weighted by atomic mass is 16.6. The van der Waals surface area contributed by atoms with Gasteiger partial charge in [-0.25, -0.2) is 0 Å². The van der Waals surface area contributed by atoms with Crippen LogP contribution in [-0.2, 0) is 28.6 Å². The van der Waals surface area contributed by atoms with Crippen molar-refractivity contribution in [2.75, 3.05) is 13.2 Å². The zero-order valence-electron chi connectivity index (χ0n) is 53.5. The molecule has 0 amide bonds. The predicted octanol–water partition coefficient (Wildman–Crippen LogP) is 24.0. The fraction of sp³-hybridized carbons (Fsp3) is 0.747. The number of ether oxygens (including phenoxy) is 3. The van der Waals surface area contributed by atoms with Crippen molar-refractivity contribution in [3.8, 4) is 0 Å². The molecule has 0 saturated heterocycles. The molecule has 0 heterocycles. The van der Waals surface area contributed by atoms with E-state index >= 15 is 0 Å². The number of carbonyl (C=O) groups excluding carboxylic acids is 3. The van der Waals surface area contributed by atoms with Crippen LogP contribution < -0.4 is 0 Å². The number of rotatable bonds is 63. The summed E-state index contributed by atoms with van der Waals surface area (Å²) in [5, 5.41) is 0. The Hall–Kier alpha value is -3.67. The van der Waals surface area contributed by atoms with Gasteiger partial charge in [0.15, 0.2) is 6.10 Å². The molecule has 0 radical (unpaired) electrons. The van der Waals surface area contributed by atoms with E-state index in [0.29, 0.717) is 19.3 Å². The zero-order chi connectivity index (χ0) is 58.5. The molecule has 6 nitrogen and oxygen atoms in total. The maximum atomic E-state index is 12.9. The number of hydrogen-bond acceptors (Lipinski definition) is 6. The van der Waals surface area contributed by atoms with Gasteiger partial charge in [0, 0.05) is 19.3 Å². The van der Waals surface area contributed by atoms with Gasteiger partial charge in [-0.3, -0.25) is 14.4 Å². The Morgan fingerprint density at radius 1 is 0.259 bits per heavy atom. The van der Waals surface area contributed by atoms with Gasteiger partial charge in [0.25, 0.3) is 0 Å². The van der Waals surface area contributed by atoms with Crippen LogP contribution in [0.1, 0.15) is 342 Å². The van der Waals surface area contributed by atoms with Crippen molar-refractivity contribution in [2.45, 2.75) is 348 Å². The van der Waals surface area contributed by atoms with Crippen LogP contribution in [0, 0.1) is 0 Å². The molecule has 0 aliphatic rings. The van der Waals surface area contributed by atoms with Gasteiger partial charge in [-0.05, 0) is 103 Å². The second-order valence-corrected chi connectivity index (χ2v) is 23.1. The summed E-state index contributed by atoms with van der Waals surface area (Å²) in [6.45, 7) is 6.54. The van der Waals surface area contributed by atoms with E-state index in [-0.39, 0.29) is 31.1 Å². The van der Waals surface area contributed by atoms with E-state index in [1.54, 1.807) is 0 Å². The highest BCUT2D eigenvalue weighted by Crippen LogP contribution is 2.17. The maximum absolute atomic E-state index is 12.9. The average molecular weight is 1130 g/mol. The highest BCUT2D eigenvalue weighted by Gasteiger charge is 2.19. The minimum absolute atomic E-state index is 0.0765. The monoisotopic (exact) mass is 1130 g/mol. The van der Waals surface area contributed by atoms with Gasteiger partial charge in [0.05, 0.1) is 0 Å². The molecule has 0 fully saturated rings. The predicted molar refractivity (Wildman–Crippen MR) is 353 cm³/mol. The smallest absolute Gasteiger partial charge is 0.306 e. The normalized spacial score (nSPS) is 12.7. The van der Waals surface area contributed by atoms with Crippen molar-refractivity contribution >= 4 is 17.9 Å². The molecule has 0 N–H and O–H groups in total. The number of esters is 3. The highest BCUT2D eigenvalue weighted by molar-refractivity contribution is 5.71. The maximum Gasteiger partial charge on any atom is 0.306 e. The van der Waals surface area contributed by atoms with Gasteiger partial charge in [-0.2, -0.15) is 0 Å². The van der Waals surface area contributed by atoms with Crippen LogP contribution in [0.25, 0.3) is 0 Å². The van der Waals surface area contributed by atoms with Gasteiger partial charge in [0.2, 0.25) is 0 Å². The van der Waals surface area contributed by atoms with Crippen molar-refractivity contribution in [3.05, 3.63) is 97.2 Å². The molecule has 466 valence electrons. The summed E-state index contributed by atoms with van der Waals surface area (Å²) < 4.78 is 17.0. The minimum Gasteiger partial charge on any atom is -0.462 e. The molecule has 6 heteroatoms. The summed E-state index contributed by atoms with van der Waals surface area (Å²) >= 11 is 0. The molecule has 0 saturated carbocycles. The fourth-order valence-corrected chi connectivity index (χ4v) is 9.89. The van der Waals surface area contributed by atoms with Gasteiger partial charge in [0.1, 0.15) is 13.2 Å². The zero-order valence-corrected chi connectivity index (χ0v) is 53.5.